The maximum atomic E-state index is 4.11. The third-order valence-corrected chi connectivity index (χ3v) is 3.07. The average Bonchev–Trinajstić information content (AvgIpc) is 2.40. The fourth-order valence-corrected chi connectivity index (χ4v) is 2.14. The van der Waals surface area contributed by atoms with Crippen molar-refractivity contribution in [1.29, 1.82) is 0 Å². The average molecular weight is 241 g/mol. The number of nitrogens with zero attached hydrogens (tertiary/aromatic N) is 2. The van der Waals surface area contributed by atoms with Crippen LogP contribution in [0.3, 0.4) is 0 Å². The largest absolute Gasteiger partial charge is 0.306 e. The van der Waals surface area contributed by atoms with Crippen LogP contribution in [0.5, 0.6) is 0 Å². The molecule has 0 aliphatic rings. The summed E-state index contributed by atoms with van der Waals surface area (Å²) in [5.74, 6) is 0. The van der Waals surface area contributed by atoms with Crippen LogP contribution in [0, 0.1) is 13.8 Å². The Bertz CT molecular complexity index is 508. The monoisotopic (exact) mass is 241 g/mol. The second-order valence-electron chi connectivity index (χ2n) is 4.52. The Morgan fingerprint density at radius 1 is 1.17 bits per heavy atom. The Kier molecular flexibility index (Phi) is 4.05. The maximum absolute atomic E-state index is 4.11. The van der Waals surface area contributed by atoms with Crippen LogP contribution in [0.1, 0.15) is 35.2 Å². The zero-order valence-electron chi connectivity index (χ0n) is 11.1. The van der Waals surface area contributed by atoms with Gasteiger partial charge in [-0.2, -0.15) is 0 Å². The van der Waals surface area contributed by atoms with Crippen molar-refractivity contribution in [3.8, 4) is 0 Å². The van der Waals surface area contributed by atoms with Crippen molar-refractivity contribution in [2.24, 2.45) is 0 Å². The Morgan fingerprint density at radius 3 is 2.56 bits per heavy atom. The number of aryl methyl sites for hydroxylation is 2. The summed E-state index contributed by atoms with van der Waals surface area (Å²) in [5.41, 5.74) is 4.96. The summed E-state index contributed by atoms with van der Waals surface area (Å²) in [6, 6.07) is 6.70. The minimum atomic E-state index is 0.163. The Balaban J connectivity index is 2.44. The van der Waals surface area contributed by atoms with Crippen molar-refractivity contribution in [3.63, 3.8) is 0 Å². The van der Waals surface area contributed by atoms with Crippen LogP contribution >= 0.6 is 0 Å². The zero-order chi connectivity index (χ0) is 13.0. The number of hydrogen-bond acceptors (Lipinski definition) is 3. The third-order valence-electron chi connectivity index (χ3n) is 3.07. The molecular weight excluding hydrogens is 222 g/mol. The number of nitrogens with one attached hydrogen (secondary N) is 1. The summed E-state index contributed by atoms with van der Waals surface area (Å²) in [6.45, 7) is 7.28. The van der Waals surface area contributed by atoms with Gasteiger partial charge < -0.3 is 5.32 Å². The Hall–Kier alpha value is -1.74. The smallest absolute Gasteiger partial charge is 0.115 e. The number of benzene rings is 1. The molecule has 0 bridgehead atoms. The third kappa shape index (κ3) is 2.74. The van der Waals surface area contributed by atoms with Gasteiger partial charge in [0.2, 0.25) is 0 Å². The molecule has 0 amide bonds. The van der Waals surface area contributed by atoms with Gasteiger partial charge in [0, 0.05) is 18.0 Å². The van der Waals surface area contributed by atoms with E-state index in [1.165, 1.54) is 16.7 Å². The van der Waals surface area contributed by atoms with Crippen LogP contribution in [0.25, 0.3) is 0 Å². The summed E-state index contributed by atoms with van der Waals surface area (Å²) in [6.07, 6.45) is 5.32. The van der Waals surface area contributed by atoms with Gasteiger partial charge in [0.25, 0.3) is 0 Å². The van der Waals surface area contributed by atoms with Gasteiger partial charge in [-0.15, -0.1) is 0 Å². The lowest BCUT2D eigenvalue weighted by Gasteiger charge is -2.20. The van der Waals surface area contributed by atoms with Crippen molar-refractivity contribution in [2.75, 3.05) is 6.54 Å². The van der Waals surface area contributed by atoms with Crippen molar-refractivity contribution in [1.82, 2.24) is 15.3 Å². The summed E-state index contributed by atoms with van der Waals surface area (Å²) in [5, 5.41) is 3.50. The fraction of sp³-hybridized carbons (Fsp3) is 0.333. The standard InChI is InChI=1S/C15H19N3/c1-4-18-15(13-8-16-10-17-9-13)14-7-11(2)5-6-12(14)3/h5-10,15,18H,4H2,1-3H3. The first-order valence-corrected chi connectivity index (χ1v) is 6.27. The number of rotatable bonds is 4. The SMILES string of the molecule is CCNC(c1cncnc1)c1cc(C)ccc1C. The van der Waals surface area contributed by atoms with E-state index in [-0.39, 0.29) is 6.04 Å². The van der Waals surface area contributed by atoms with E-state index in [1.807, 2.05) is 12.4 Å². The van der Waals surface area contributed by atoms with Crippen molar-refractivity contribution in [2.45, 2.75) is 26.8 Å². The highest BCUT2D eigenvalue weighted by molar-refractivity contribution is 5.37. The molecule has 2 aromatic rings. The van der Waals surface area contributed by atoms with Crippen LogP contribution in [0.4, 0.5) is 0 Å². The summed E-state index contributed by atoms with van der Waals surface area (Å²) in [7, 11) is 0. The molecule has 1 aromatic heterocycles. The molecule has 2 rings (SSSR count). The minimum absolute atomic E-state index is 0.163. The van der Waals surface area contributed by atoms with Gasteiger partial charge in [-0.05, 0) is 31.5 Å². The molecule has 0 aliphatic carbocycles. The second-order valence-corrected chi connectivity index (χ2v) is 4.52. The molecule has 1 N–H and O–H groups in total. The van der Waals surface area contributed by atoms with E-state index in [4.69, 9.17) is 0 Å². The molecule has 1 atom stereocenters. The molecule has 0 saturated carbocycles. The molecule has 0 aliphatic heterocycles. The van der Waals surface area contributed by atoms with Crippen molar-refractivity contribution >= 4 is 0 Å². The van der Waals surface area contributed by atoms with Gasteiger partial charge in [-0.3, -0.25) is 0 Å². The van der Waals surface area contributed by atoms with E-state index < -0.39 is 0 Å². The molecule has 0 saturated heterocycles. The number of aromatic nitrogens is 2. The van der Waals surface area contributed by atoms with Crippen molar-refractivity contribution < 1.29 is 0 Å². The molecule has 0 radical (unpaired) electrons. The first-order valence-electron chi connectivity index (χ1n) is 6.27. The molecular formula is C15H19N3. The van der Waals surface area contributed by atoms with E-state index in [9.17, 15) is 0 Å². The van der Waals surface area contributed by atoms with E-state index >= 15 is 0 Å². The lowest BCUT2D eigenvalue weighted by atomic mass is 9.95. The zero-order valence-corrected chi connectivity index (χ0v) is 11.1. The predicted molar refractivity (Wildman–Crippen MR) is 73.5 cm³/mol. The molecule has 94 valence electrons. The van der Waals surface area contributed by atoms with Gasteiger partial charge in [-0.1, -0.05) is 30.7 Å². The Morgan fingerprint density at radius 2 is 1.89 bits per heavy atom. The molecule has 0 fully saturated rings. The summed E-state index contributed by atoms with van der Waals surface area (Å²) in [4.78, 5) is 8.23. The minimum Gasteiger partial charge on any atom is -0.306 e. The lowest BCUT2D eigenvalue weighted by molar-refractivity contribution is 0.622. The predicted octanol–water partition coefficient (Wildman–Crippen LogP) is 2.79. The van der Waals surface area contributed by atoms with Gasteiger partial charge in [0.1, 0.15) is 6.33 Å². The molecule has 1 heterocycles. The van der Waals surface area contributed by atoms with Crippen LogP contribution in [0.2, 0.25) is 0 Å². The first kappa shape index (κ1) is 12.7. The van der Waals surface area contributed by atoms with Gasteiger partial charge >= 0.3 is 0 Å². The molecule has 0 spiro atoms. The number of hydrogen-bond donors (Lipinski definition) is 1. The highest BCUT2D eigenvalue weighted by Gasteiger charge is 2.15. The van der Waals surface area contributed by atoms with Crippen LogP contribution < -0.4 is 5.32 Å². The summed E-state index contributed by atoms with van der Waals surface area (Å²) >= 11 is 0. The highest BCUT2D eigenvalue weighted by atomic mass is 14.9. The van der Waals surface area contributed by atoms with Gasteiger partial charge in [0.05, 0.1) is 6.04 Å². The van der Waals surface area contributed by atoms with E-state index in [0.717, 1.165) is 12.1 Å². The molecule has 1 unspecified atom stereocenters. The summed E-state index contributed by atoms with van der Waals surface area (Å²) < 4.78 is 0. The van der Waals surface area contributed by atoms with Crippen LogP contribution in [-0.2, 0) is 0 Å². The topological polar surface area (TPSA) is 37.8 Å². The fourth-order valence-electron chi connectivity index (χ4n) is 2.14. The Labute approximate surface area is 108 Å². The van der Waals surface area contributed by atoms with Crippen LogP contribution in [-0.4, -0.2) is 16.5 Å². The molecule has 18 heavy (non-hydrogen) atoms. The van der Waals surface area contributed by atoms with Gasteiger partial charge in [0.15, 0.2) is 0 Å². The molecule has 1 aromatic carbocycles. The van der Waals surface area contributed by atoms with Gasteiger partial charge in [-0.25, -0.2) is 9.97 Å². The molecule has 3 heteroatoms. The molecule has 3 nitrogen and oxygen atoms in total. The van der Waals surface area contributed by atoms with Crippen LogP contribution in [0.15, 0.2) is 36.9 Å². The normalized spacial score (nSPS) is 12.4. The highest BCUT2D eigenvalue weighted by Crippen LogP contribution is 2.24. The lowest BCUT2D eigenvalue weighted by Crippen LogP contribution is -2.23. The first-order chi connectivity index (χ1) is 8.72. The quantitative estimate of drug-likeness (QED) is 0.894. The second kappa shape index (κ2) is 5.74. The maximum Gasteiger partial charge on any atom is 0.115 e. The van der Waals surface area contributed by atoms with E-state index in [0.29, 0.717) is 0 Å². The van der Waals surface area contributed by atoms with Crippen molar-refractivity contribution in [3.05, 3.63) is 59.2 Å². The van der Waals surface area contributed by atoms with E-state index in [1.54, 1.807) is 6.33 Å². The van der Waals surface area contributed by atoms with E-state index in [2.05, 4.69) is 54.3 Å².